The van der Waals surface area contributed by atoms with Crippen LogP contribution in [0.15, 0.2) is 23.2 Å². The lowest BCUT2D eigenvalue weighted by Crippen LogP contribution is -2.39. The molecule has 0 aromatic heterocycles. The molecule has 0 radical (unpaired) electrons. The van der Waals surface area contributed by atoms with Crippen LogP contribution in [-0.4, -0.2) is 48.7 Å². The van der Waals surface area contributed by atoms with Crippen LogP contribution in [0, 0.1) is 5.82 Å². The van der Waals surface area contributed by atoms with Crippen LogP contribution in [0.3, 0.4) is 0 Å². The Morgan fingerprint density at radius 3 is 2.87 bits per heavy atom. The Bertz CT molecular complexity index is 797. The molecule has 0 spiro atoms. The topological polar surface area (TPSA) is 66.8 Å². The van der Waals surface area contributed by atoms with Gasteiger partial charge in [0.05, 0.1) is 34.4 Å². The van der Waals surface area contributed by atoms with Gasteiger partial charge in [-0.15, -0.1) is 0 Å². The number of rotatable bonds is 3. The number of sulfone groups is 1. The first-order valence-electron chi connectivity index (χ1n) is 6.91. The molecule has 0 saturated carbocycles. The summed E-state index contributed by atoms with van der Waals surface area (Å²) in [5, 5.41) is 0.537. The number of carbonyl (C=O) groups is 1. The molecule has 2 heterocycles. The van der Waals surface area contributed by atoms with E-state index in [1.807, 2.05) is 0 Å². The molecule has 0 aliphatic carbocycles. The van der Waals surface area contributed by atoms with Crippen molar-refractivity contribution in [1.82, 2.24) is 0 Å². The van der Waals surface area contributed by atoms with Gasteiger partial charge in [0.25, 0.3) is 0 Å². The number of amidine groups is 1. The van der Waals surface area contributed by atoms with Gasteiger partial charge in [0.2, 0.25) is 0 Å². The molecule has 3 rings (SSSR count). The Kier molecular flexibility index (Phi) is 4.41. The van der Waals surface area contributed by atoms with E-state index >= 15 is 0 Å². The van der Waals surface area contributed by atoms with Crippen LogP contribution in [0.1, 0.15) is 6.92 Å². The van der Waals surface area contributed by atoms with Gasteiger partial charge >= 0.3 is 0 Å². The van der Waals surface area contributed by atoms with Gasteiger partial charge in [0.15, 0.2) is 15.0 Å². The number of thioether (sulfide) groups is 1. The number of anilines is 1. The number of hydrogen-bond acceptors (Lipinski definition) is 6. The summed E-state index contributed by atoms with van der Waals surface area (Å²) in [4.78, 5) is 17.5. The molecule has 2 atom stereocenters. The number of benzene rings is 1. The molecule has 1 fully saturated rings. The normalized spacial score (nSPS) is 25.3. The highest BCUT2D eigenvalue weighted by Crippen LogP contribution is 2.36. The van der Waals surface area contributed by atoms with E-state index in [0.29, 0.717) is 10.9 Å². The van der Waals surface area contributed by atoms with Crippen molar-refractivity contribution in [3.63, 3.8) is 0 Å². The number of halogens is 2. The molecule has 0 N–H and O–H groups in total. The highest BCUT2D eigenvalue weighted by atomic mass is 35.5. The first kappa shape index (κ1) is 16.7. The van der Waals surface area contributed by atoms with E-state index in [0.717, 1.165) is 0 Å². The number of nitrogens with zero attached hydrogens (tertiary/aromatic N) is 2. The van der Waals surface area contributed by atoms with Crippen molar-refractivity contribution in [1.29, 1.82) is 0 Å². The third-order valence-corrected chi connectivity index (χ3v) is 6.79. The average molecular weight is 377 g/mol. The van der Waals surface area contributed by atoms with Crippen LogP contribution in [0.2, 0.25) is 5.02 Å². The van der Waals surface area contributed by atoms with Crippen LogP contribution in [0.4, 0.5) is 10.1 Å². The lowest BCUT2D eigenvalue weighted by Gasteiger charge is -2.26. The summed E-state index contributed by atoms with van der Waals surface area (Å²) < 4.78 is 37.1. The molecule has 124 valence electrons. The standard InChI is InChI=1S/C14H14ClFN2O3S2/c1-8(19)5-22-14-17-12-6-23(20,21)7-13(12)18(14)9-2-3-11(16)10(15)4-9/h2-4,12-13H,5-7H2,1H3/t12-,13-/m0/s1. The number of Topliss-reactive ketones (excluding diaryl/α,β-unsaturated/α-hetero) is 1. The van der Waals surface area contributed by atoms with Crippen LogP contribution < -0.4 is 4.90 Å². The second-order valence-electron chi connectivity index (χ2n) is 5.58. The van der Waals surface area contributed by atoms with Crippen LogP contribution >= 0.6 is 23.4 Å². The van der Waals surface area contributed by atoms with Gasteiger partial charge in [-0.05, 0) is 25.1 Å². The van der Waals surface area contributed by atoms with Crippen molar-refractivity contribution in [3.8, 4) is 0 Å². The minimum atomic E-state index is -3.15. The van der Waals surface area contributed by atoms with Crippen LogP contribution in [0.25, 0.3) is 0 Å². The van der Waals surface area contributed by atoms with Crippen molar-refractivity contribution >= 4 is 49.8 Å². The molecule has 0 bridgehead atoms. The summed E-state index contributed by atoms with van der Waals surface area (Å²) in [6, 6.07) is 3.53. The van der Waals surface area contributed by atoms with Gasteiger partial charge < -0.3 is 4.90 Å². The van der Waals surface area contributed by atoms with E-state index in [9.17, 15) is 17.6 Å². The molecule has 5 nitrogen and oxygen atoms in total. The lowest BCUT2D eigenvalue weighted by atomic mass is 10.1. The second kappa shape index (κ2) is 6.07. The zero-order valence-corrected chi connectivity index (χ0v) is 14.6. The maximum atomic E-state index is 13.4. The van der Waals surface area contributed by atoms with E-state index in [-0.39, 0.29) is 40.1 Å². The fourth-order valence-electron chi connectivity index (χ4n) is 2.74. The molecule has 1 saturated heterocycles. The summed E-state index contributed by atoms with van der Waals surface area (Å²) in [5.41, 5.74) is 0.579. The predicted octanol–water partition coefficient (Wildman–Crippen LogP) is 2.14. The highest BCUT2D eigenvalue weighted by molar-refractivity contribution is 8.14. The first-order chi connectivity index (χ1) is 10.8. The highest BCUT2D eigenvalue weighted by Gasteiger charge is 2.47. The molecule has 1 aromatic rings. The Labute approximate surface area is 142 Å². The van der Waals surface area contributed by atoms with E-state index in [4.69, 9.17) is 11.6 Å². The van der Waals surface area contributed by atoms with Crippen molar-refractivity contribution in [2.24, 2.45) is 4.99 Å². The molecule has 2 aliphatic heterocycles. The molecule has 2 aliphatic rings. The first-order valence-corrected chi connectivity index (χ1v) is 10.1. The van der Waals surface area contributed by atoms with Crippen molar-refractivity contribution in [2.75, 3.05) is 22.2 Å². The monoisotopic (exact) mass is 376 g/mol. The molecule has 1 aromatic carbocycles. The lowest BCUT2D eigenvalue weighted by molar-refractivity contribution is -0.114. The molecule has 0 unspecified atom stereocenters. The van der Waals surface area contributed by atoms with Crippen molar-refractivity contribution < 1.29 is 17.6 Å². The van der Waals surface area contributed by atoms with E-state index in [1.165, 1.54) is 30.8 Å². The Morgan fingerprint density at radius 1 is 1.48 bits per heavy atom. The molecule has 0 amide bonds. The minimum absolute atomic E-state index is 0.000491. The van der Waals surface area contributed by atoms with Gasteiger partial charge in [-0.2, -0.15) is 0 Å². The summed E-state index contributed by atoms with van der Waals surface area (Å²) in [5.74, 6) is -0.316. The second-order valence-corrected chi connectivity index (χ2v) is 9.09. The van der Waals surface area contributed by atoms with E-state index in [2.05, 4.69) is 4.99 Å². The molecule has 23 heavy (non-hydrogen) atoms. The summed E-state index contributed by atoms with van der Waals surface area (Å²) in [6.45, 7) is 1.48. The molecular formula is C14H14ClFN2O3S2. The van der Waals surface area contributed by atoms with Crippen molar-refractivity contribution in [2.45, 2.75) is 19.0 Å². The van der Waals surface area contributed by atoms with Gasteiger partial charge in [-0.1, -0.05) is 23.4 Å². The van der Waals surface area contributed by atoms with Gasteiger partial charge in [-0.3, -0.25) is 9.79 Å². The average Bonchev–Trinajstić information content (AvgIpc) is 2.91. The Hall–Kier alpha value is -1.12. The maximum Gasteiger partial charge on any atom is 0.164 e. The third-order valence-electron chi connectivity index (χ3n) is 3.69. The van der Waals surface area contributed by atoms with Gasteiger partial charge in [0, 0.05) is 5.69 Å². The maximum absolute atomic E-state index is 13.4. The summed E-state index contributed by atoms with van der Waals surface area (Å²) >= 11 is 7.10. The van der Waals surface area contributed by atoms with E-state index in [1.54, 1.807) is 11.0 Å². The van der Waals surface area contributed by atoms with Gasteiger partial charge in [-0.25, -0.2) is 12.8 Å². The fraction of sp³-hybridized carbons (Fsp3) is 0.429. The SMILES string of the molecule is CC(=O)CSC1=N[C@H]2CS(=O)(=O)C[C@@H]2N1c1ccc(F)c(Cl)c1. The summed E-state index contributed by atoms with van der Waals surface area (Å²) in [6.07, 6.45) is 0. The number of aliphatic imine (C=N–C) groups is 1. The largest absolute Gasteiger partial charge is 0.315 e. The Morgan fingerprint density at radius 2 is 2.22 bits per heavy atom. The molecule has 9 heteroatoms. The summed E-state index contributed by atoms with van der Waals surface area (Å²) in [7, 11) is -3.15. The predicted molar refractivity (Wildman–Crippen MR) is 90.7 cm³/mol. The number of fused-ring (bicyclic) bond motifs is 1. The number of ketones is 1. The number of carbonyl (C=O) groups excluding carboxylic acids is 1. The third kappa shape index (κ3) is 3.39. The minimum Gasteiger partial charge on any atom is -0.315 e. The number of hydrogen-bond donors (Lipinski definition) is 0. The van der Waals surface area contributed by atoms with Gasteiger partial charge in [0.1, 0.15) is 11.6 Å². The Balaban J connectivity index is 1.96. The smallest absolute Gasteiger partial charge is 0.164 e. The zero-order valence-electron chi connectivity index (χ0n) is 12.2. The van der Waals surface area contributed by atoms with Crippen molar-refractivity contribution in [3.05, 3.63) is 29.0 Å². The fourth-order valence-corrected chi connectivity index (χ4v) is 5.68. The quantitative estimate of drug-likeness (QED) is 0.808. The zero-order chi connectivity index (χ0) is 16.8. The molecular weight excluding hydrogens is 363 g/mol. The van der Waals surface area contributed by atoms with Crippen LogP contribution in [-0.2, 0) is 14.6 Å². The van der Waals surface area contributed by atoms with E-state index < -0.39 is 15.7 Å². The van der Waals surface area contributed by atoms with Crippen LogP contribution in [0.5, 0.6) is 0 Å².